The van der Waals surface area contributed by atoms with Gasteiger partial charge in [0.1, 0.15) is 10.8 Å². The van der Waals surface area contributed by atoms with E-state index in [1.165, 1.54) is 24.0 Å². The molecule has 4 rings (SSSR count). The normalized spacial score (nSPS) is 24.7. The molecule has 1 aromatic heterocycles. The fraction of sp³-hybridized carbons (Fsp3) is 0.476. The third kappa shape index (κ3) is 3.99. The van der Waals surface area contributed by atoms with Crippen LogP contribution in [0.5, 0.6) is 0 Å². The first-order valence-corrected chi connectivity index (χ1v) is 12.1. The van der Waals surface area contributed by atoms with Crippen LogP contribution in [0, 0.1) is 11.3 Å². The summed E-state index contributed by atoms with van der Waals surface area (Å²) >= 11 is 1.26. The van der Waals surface area contributed by atoms with Gasteiger partial charge >= 0.3 is 0 Å². The second kappa shape index (κ2) is 8.18. The predicted octanol–water partition coefficient (Wildman–Crippen LogP) is 2.48. The van der Waals surface area contributed by atoms with Crippen LogP contribution in [0.3, 0.4) is 0 Å². The van der Waals surface area contributed by atoms with E-state index < -0.39 is 10.0 Å². The molecule has 2 atom stereocenters. The zero-order valence-electron chi connectivity index (χ0n) is 16.5. The van der Waals surface area contributed by atoms with E-state index in [1.807, 2.05) is 23.1 Å². The van der Waals surface area contributed by atoms with E-state index in [1.54, 1.807) is 21.8 Å². The number of rotatable bonds is 7. The number of likely N-dealkylation sites (tertiary alicyclic amines) is 1. The van der Waals surface area contributed by atoms with Crippen LogP contribution in [0.1, 0.15) is 12.0 Å². The molecule has 2 saturated heterocycles. The lowest BCUT2D eigenvalue weighted by atomic mass is 9.76. The first-order valence-electron chi connectivity index (χ1n) is 9.79. The zero-order chi connectivity index (χ0) is 20.5. The number of amides is 1. The Kier molecular flexibility index (Phi) is 5.79. The molecule has 2 fully saturated rings. The molecule has 0 saturated carbocycles. The van der Waals surface area contributed by atoms with Gasteiger partial charge in [-0.2, -0.15) is 4.31 Å². The van der Waals surface area contributed by atoms with Gasteiger partial charge in [-0.15, -0.1) is 11.3 Å². The molecule has 2 aromatic rings. The number of hydrogen-bond acceptors (Lipinski definition) is 5. The molecular weight excluding hydrogens is 408 g/mol. The molecule has 2 unspecified atom stereocenters. The summed E-state index contributed by atoms with van der Waals surface area (Å²) in [5.74, 6) is 0.121. The minimum absolute atomic E-state index is 0.0198. The topological polar surface area (TPSA) is 66.9 Å². The first kappa shape index (κ1) is 20.5. The number of sulfonamides is 1. The first-order chi connectivity index (χ1) is 13.9. The highest BCUT2D eigenvalue weighted by molar-refractivity contribution is 7.91. The zero-order valence-corrected chi connectivity index (χ0v) is 18.1. The maximum absolute atomic E-state index is 13.1. The van der Waals surface area contributed by atoms with Gasteiger partial charge in [0, 0.05) is 38.7 Å². The summed E-state index contributed by atoms with van der Waals surface area (Å²) in [4.78, 5) is 14.3. The van der Waals surface area contributed by atoms with E-state index >= 15 is 0 Å². The van der Waals surface area contributed by atoms with Crippen molar-refractivity contribution in [3.63, 3.8) is 0 Å². The van der Waals surface area contributed by atoms with Gasteiger partial charge in [0.2, 0.25) is 5.91 Å². The third-order valence-corrected chi connectivity index (χ3v) is 9.38. The Morgan fingerprint density at radius 3 is 2.66 bits per heavy atom. The second-order valence-corrected chi connectivity index (χ2v) is 11.1. The fourth-order valence-corrected chi connectivity index (χ4v) is 7.38. The fourth-order valence-electron chi connectivity index (χ4n) is 4.65. The number of carbonyl (C=O) groups excluding carboxylic acids is 1. The molecule has 2 aliphatic heterocycles. The van der Waals surface area contributed by atoms with Gasteiger partial charge < -0.3 is 9.64 Å². The molecule has 2 aliphatic rings. The Bertz CT molecular complexity index is 946. The Morgan fingerprint density at radius 1 is 1.17 bits per heavy atom. The minimum atomic E-state index is -3.48. The molecular formula is C21H26N2O4S2. The van der Waals surface area contributed by atoms with E-state index in [0.29, 0.717) is 30.4 Å². The summed E-state index contributed by atoms with van der Waals surface area (Å²) in [5, 5.41) is 1.79. The summed E-state index contributed by atoms with van der Waals surface area (Å²) in [6, 6.07) is 13.7. The smallest absolute Gasteiger partial charge is 0.252 e. The van der Waals surface area contributed by atoms with Gasteiger partial charge in [0.25, 0.3) is 10.0 Å². The summed E-state index contributed by atoms with van der Waals surface area (Å²) < 4.78 is 33.2. The van der Waals surface area contributed by atoms with Crippen LogP contribution >= 0.6 is 11.3 Å². The van der Waals surface area contributed by atoms with Gasteiger partial charge in [-0.25, -0.2) is 8.42 Å². The van der Waals surface area contributed by atoms with Crippen molar-refractivity contribution in [2.75, 3.05) is 39.9 Å². The van der Waals surface area contributed by atoms with Crippen molar-refractivity contribution in [2.45, 2.75) is 17.1 Å². The van der Waals surface area contributed by atoms with Gasteiger partial charge in [-0.05, 0) is 35.8 Å². The van der Waals surface area contributed by atoms with Gasteiger partial charge in [-0.1, -0.05) is 36.4 Å². The van der Waals surface area contributed by atoms with Crippen molar-refractivity contribution in [3.8, 4) is 0 Å². The van der Waals surface area contributed by atoms with Crippen LogP contribution in [0.15, 0.2) is 52.1 Å². The summed E-state index contributed by atoms with van der Waals surface area (Å²) in [5.41, 5.74) is 1.02. The highest BCUT2D eigenvalue weighted by atomic mass is 32.2. The lowest BCUT2D eigenvalue weighted by molar-refractivity contribution is -0.134. The Labute approximate surface area is 176 Å². The van der Waals surface area contributed by atoms with Crippen LogP contribution in [-0.4, -0.2) is 63.4 Å². The Hall–Kier alpha value is -1.74. The molecule has 8 heteroatoms. The summed E-state index contributed by atoms with van der Waals surface area (Å²) in [7, 11) is -1.96. The van der Waals surface area contributed by atoms with Crippen LogP contribution in [-0.2, 0) is 26.0 Å². The molecule has 0 radical (unpaired) electrons. The molecule has 1 aromatic carbocycles. The SMILES string of the molecule is COCC(=O)N1CC2CN(S(=O)(=O)c3cccs3)CC2(CCc2ccccc2)C1. The number of nitrogens with zero attached hydrogens (tertiary/aromatic N) is 2. The largest absolute Gasteiger partial charge is 0.375 e. The number of ether oxygens (including phenoxy) is 1. The van der Waals surface area contributed by atoms with E-state index in [2.05, 4.69) is 12.1 Å². The van der Waals surface area contributed by atoms with Crippen molar-refractivity contribution < 1.29 is 17.9 Å². The number of carbonyl (C=O) groups is 1. The van der Waals surface area contributed by atoms with Crippen molar-refractivity contribution in [2.24, 2.45) is 11.3 Å². The van der Waals surface area contributed by atoms with Gasteiger partial charge in [-0.3, -0.25) is 4.79 Å². The molecule has 6 nitrogen and oxygen atoms in total. The van der Waals surface area contributed by atoms with Gasteiger partial charge in [0.15, 0.2) is 0 Å². The molecule has 0 bridgehead atoms. The van der Waals surface area contributed by atoms with E-state index in [-0.39, 0.29) is 23.8 Å². The van der Waals surface area contributed by atoms with Crippen molar-refractivity contribution in [3.05, 3.63) is 53.4 Å². The quantitative estimate of drug-likeness (QED) is 0.672. The number of benzene rings is 1. The Morgan fingerprint density at radius 2 is 1.97 bits per heavy atom. The molecule has 0 N–H and O–H groups in total. The number of fused-ring (bicyclic) bond motifs is 1. The van der Waals surface area contributed by atoms with Crippen molar-refractivity contribution >= 4 is 27.3 Å². The number of thiophene rings is 1. The highest BCUT2D eigenvalue weighted by Gasteiger charge is 2.55. The third-order valence-electron chi connectivity index (χ3n) is 6.19. The van der Waals surface area contributed by atoms with E-state index in [0.717, 1.165) is 12.8 Å². The molecule has 1 amide bonds. The maximum atomic E-state index is 13.1. The molecule has 29 heavy (non-hydrogen) atoms. The van der Waals surface area contributed by atoms with Crippen LogP contribution in [0.25, 0.3) is 0 Å². The molecule has 156 valence electrons. The number of hydrogen-bond donors (Lipinski definition) is 0. The summed E-state index contributed by atoms with van der Waals surface area (Å²) in [6.07, 6.45) is 1.73. The van der Waals surface area contributed by atoms with E-state index in [9.17, 15) is 13.2 Å². The van der Waals surface area contributed by atoms with E-state index in [4.69, 9.17) is 4.74 Å². The lowest BCUT2D eigenvalue weighted by Crippen LogP contribution is -2.39. The molecule has 0 spiro atoms. The standard InChI is InChI=1S/C21H26N2O4S2/c1-27-14-19(24)22-12-18-13-23(29(25,26)20-8-5-11-28-20)16-21(18,15-22)10-9-17-6-3-2-4-7-17/h2-8,11,18H,9-10,12-16H2,1H3. The Balaban J connectivity index is 1.56. The summed E-state index contributed by atoms with van der Waals surface area (Å²) in [6.45, 7) is 2.17. The number of aryl methyl sites for hydroxylation is 1. The van der Waals surface area contributed by atoms with Crippen molar-refractivity contribution in [1.29, 1.82) is 0 Å². The van der Waals surface area contributed by atoms with Crippen LogP contribution in [0.2, 0.25) is 0 Å². The van der Waals surface area contributed by atoms with Crippen molar-refractivity contribution in [1.82, 2.24) is 9.21 Å². The van der Waals surface area contributed by atoms with Crippen LogP contribution < -0.4 is 0 Å². The molecule has 3 heterocycles. The monoisotopic (exact) mass is 434 g/mol. The van der Waals surface area contributed by atoms with Crippen LogP contribution in [0.4, 0.5) is 0 Å². The average Bonchev–Trinajstić information content (AvgIpc) is 3.42. The second-order valence-electron chi connectivity index (χ2n) is 7.98. The van der Waals surface area contributed by atoms with Gasteiger partial charge in [0.05, 0.1) is 0 Å². The predicted molar refractivity (Wildman–Crippen MR) is 112 cm³/mol. The lowest BCUT2D eigenvalue weighted by Gasteiger charge is -2.29. The highest BCUT2D eigenvalue weighted by Crippen LogP contribution is 2.47. The number of methoxy groups -OCH3 is 1. The molecule has 0 aliphatic carbocycles. The maximum Gasteiger partial charge on any atom is 0.252 e. The minimum Gasteiger partial charge on any atom is -0.375 e. The average molecular weight is 435 g/mol.